The average molecular weight is 335 g/mol. The highest BCUT2D eigenvalue weighted by Gasteiger charge is 2.14. The molecule has 1 amide bonds. The second-order valence-electron chi connectivity index (χ2n) is 4.04. The number of carbonyl (C=O) groups is 2. The number of hydrogen-bond donors (Lipinski definition) is 2. The van der Waals surface area contributed by atoms with Crippen LogP contribution in [0.2, 0.25) is 5.02 Å². The van der Waals surface area contributed by atoms with E-state index in [4.69, 9.17) is 16.7 Å². The van der Waals surface area contributed by atoms with E-state index in [9.17, 15) is 9.59 Å². The summed E-state index contributed by atoms with van der Waals surface area (Å²) in [6.07, 6.45) is 0. The first kappa shape index (κ1) is 15.0. The van der Waals surface area contributed by atoms with Gasteiger partial charge in [0.2, 0.25) is 0 Å². The lowest BCUT2D eigenvalue weighted by molar-refractivity contribution is -0.140. The molecule has 0 bridgehead atoms. The van der Waals surface area contributed by atoms with Crippen molar-refractivity contribution in [1.82, 2.24) is 5.32 Å². The maximum absolute atomic E-state index is 11.8. The van der Waals surface area contributed by atoms with Gasteiger partial charge < -0.3 is 10.4 Å². The highest BCUT2D eigenvalue weighted by molar-refractivity contribution is 9.10. The monoisotopic (exact) mass is 333 g/mol. The normalized spacial score (nSPS) is 12.0. The van der Waals surface area contributed by atoms with Gasteiger partial charge in [-0.3, -0.25) is 9.59 Å². The van der Waals surface area contributed by atoms with E-state index in [-0.39, 0.29) is 12.5 Å². The summed E-state index contributed by atoms with van der Waals surface area (Å²) >= 11 is 9.26. The van der Waals surface area contributed by atoms with E-state index in [2.05, 4.69) is 21.2 Å². The van der Waals surface area contributed by atoms with Crippen LogP contribution in [0.15, 0.2) is 16.6 Å². The molecule has 1 atom stereocenters. The zero-order valence-corrected chi connectivity index (χ0v) is 12.3. The maximum Gasteiger partial charge on any atom is 0.308 e. The van der Waals surface area contributed by atoms with Crippen molar-refractivity contribution in [2.75, 3.05) is 6.54 Å². The molecular weight excluding hydrogens is 321 g/mol. The molecule has 6 heteroatoms. The van der Waals surface area contributed by atoms with Crippen molar-refractivity contribution < 1.29 is 14.7 Å². The van der Waals surface area contributed by atoms with E-state index in [0.29, 0.717) is 10.6 Å². The molecule has 0 aliphatic carbocycles. The average Bonchev–Trinajstić information content (AvgIpc) is 2.31. The number of aryl methyl sites for hydroxylation is 1. The second-order valence-corrected chi connectivity index (χ2v) is 5.24. The largest absolute Gasteiger partial charge is 0.481 e. The third-order valence-electron chi connectivity index (χ3n) is 2.46. The van der Waals surface area contributed by atoms with Crippen LogP contribution in [0.3, 0.4) is 0 Å². The molecular formula is C12H13BrClNO3. The predicted molar refractivity (Wildman–Crippen MR) is 73.0 cm³/mol. The number of amides is 1. The van der Waals surface area contributed by atoms with Crippen LogP contribution in [-0.4, -0.2) is 23.5 Å². The summed E-state index contributed by atoms with van der Waals surface area (Å²) in [4.78, 5) is 22.4. The molecule has 0 radical (unpaired) electrons. The van der Waals surface area contributed by atoms with Crippen LogP contribution in [0.25, 0.3) is 0 Å². The number of carboxylic acid groups (broad SMARTS) is 1. The Balaban J connectivity index is 2.76. The van der Waals surface area contributed by atoms with Crippen LogP contribution in [-0.2, 0) is 4.79 Å². The minimum atomic E-state index is -0.944. The molecule has 0 spiro atoms. The lowest BCUT2D eigenvalue weighted by Crippen LogP contribution is -2.31. The molecule has 0 heterocycles. The molecule has 0 aliphatic heterocycles. The minimum absolute atomic E-state index is 0.0842. The molecule has 2 N–H and O–H groups in total. The number of aliphatic carboxylic acids is 1. The standard InChI is InChI=1S/C12H13BrClNO3/c1-6-3-8(4-9(14)10(6)13)11(16)15-5-7(2)12(17)18/h3-4,7H,5H2,1-2H3,(H,15,16)(H,17,18). The topological polar surface area (TPSA) is 66.4 Å². The second kappa shape index (κ2) is 6.20. The summed E-state index contributed by atoms with van der Waals surface area (Å²) in [5.41, 5.74) is 1.26. The number of carboxylic acids is 1. The molecule has 4 nitrogen and oxygen atoms in total. The third kappa shape index (κ3) is 3.71. The Labute approximate surface area is 118 Å². The number of hydrogen-bond acceptors (Lipinski definition) is 2. The molecule has 1 rings (SSSR count). The summed E-state index contributed by atoms with van der Waals surface area (Å²) in [5.74, 6) is -1.90. The maximum atomic E-state index is 11.8. The van der Waals surface area contributed by atoms with E-state index >= 15 is 0 Å². The van der Waals surface area contributed by atoms with Crippen LogP contribution >= 0.6 is 27.5 Å². The molecule has 1 unspecified atom stereocenters. The molecule has 0 saturated heterocycles. The number of rotatable bonds is 4. The van der Waals surface area contributed by atoms with Gasteiger partial charge in [0, 0.05) is 16.6 Å². The molecule has 18 heavy (non-hydrogen) atoms. The fraction of sp³-hybridized carbons (Fsp3) is 0.333. The molecule has 0 fully saturated rings. The fourth-order valence-electron chi connectivity index (χ4n) is 1.29. The van der Waals surface area contributed by atoms with Crippen LogP contribution in [0, 0.1) is 12.8 Å². The van der Waals surface area contributed by atoms with Crippen molar-refractivity contribution in [3.8, 4) is 0 Å². The van der Waals surface area contributed by atoms with Crippen LogP contribution in [0.1, 0.15) is 22.8 Å². The van der Waals surface area contributed by atoms with Gasteiger partial charge in [-0.25, -0.2) is 0 Å². The van der Waals surface area contributed by atoms with Crippen molar-refractivity contribution in [3.05, 3.63) is 32.8 Å². The molecule has 1 aromatic rings. The van der Waals surface area contributed by atoms with E-state index < -0.39 is 11.9 Å². The molecule has 1 aromatic carbocycles. The quantitative estimate of drug-likeness (QED) is 0.890. The summed E-state index contributed by atoms with van der Waals surface area (Å²) in [6.45, 7) is 3.44. The van der Waals surface area contributed by atoms with E-state index in [1.165, 1.54) is 6.92 Å². The van der Waals surface area contributed by atoms with E-state index in [1.807, 2.05) is 6.92 Å². The van der Waals surface area contributed by atoms with Gasteiger partial charge >= 0.3 is 5.97 Å². The van der Waals surface area contributed by atoms with Crippen LogP contribution in [0.4, 0.5) is 0 Å². The Morgan fingerprint density at radius 1 is 1.50 bits per heavy atom. The van der Waals surface area contributed by atoms with Crippen molar-refractivity contribution in [1.29, 1.82) is 0 Å². The predicted octanol–water partition coefficient (Wildman–Crippen LogP) is 2.86. The van der Waals surface area contributed by atoms with Gasteiger partial charge in [0.05, 0.1) is 10.9 Å². The van der Waals surface area contributed by atoms with Crippen molar-refractivity contribution in [3.63, 3.8) is 0 Å². The Morgan fingerprint density at radius 3 is 2.61 bits per heavy atom. The number of halogens is 2. The first-order valence-corrected chi connectivity index (χ1v) is 6.46. The van der Waals surface area contributed by atoms with Crippen molar-refractivity contribution in [2.24, 2.45) is 5.92 Å². The van der Waals surface area contributed by atoms with Crippen molar-refractivity contribution in [2.45, 2.75) is 13.8 Å². The highest BCUT2D eigenvalue weighted by atomic mass is 79.9. The van der Waals surface area contributed by atoms with E-state index in [0.717, 1.165) is 10.0 Å². The summed E-state index contributed by atoms with van der Waals surface area (Å²) in [6, 6.07) is 3.23. The SMILES string of the molecule is Cc1cc(C(=O)NCC(C)C(=O)O)cc(Cl)c1Br. The van der Waals surface area contributed by atoms with Gasteiger partial charge in [-0.15, -0.1) is 0 Å². The Kier molecular flexibility index (Phi) is 5.16. The highest BCUT2D eigenvalue weighted by Crippen LogP contribution is 2.27. The molecule has 98 valence electrons. The lowest BCUT2D eigenvalue weighted by atomic mass is 10.1. The Morgan fingerprint density at radius 2 is 2.11 bits per heavy atom. The number of benzene rings is 1. The smallest absolute Gasteiger partial charge is 0.308 e. The summed E-state index contributed by atoms with van der Waals surface area (Å²) in [5, 5.41) is 11.7. The van der Waals surface area contributed by atoms with Crippen LogP contribution < -0.4 is 5.32 Å². The van der Waals surface area contributed by atoms with E-state index in [1.54, 1.807) is 12.1 Å². The van der Waals surface area contributed by atoms with Gasteiger partial charge in [-0.2, -0.15) is 0 Å². The summed E-state index contributed by atoms with van der Waals surface area (Å²) < 4.78 is 0.750. The summed E-state index contributed by atoms with van der Waals surface area (Å²) in [7, 11) is 0. The fourth-order valence-corrected chi connectivity index (χ4v) is 1.79. The van der Waals surface area contributed by atoms with Gasteiger partial charge in [-0.1, -0.05) is 18.5 Å². The van der Waals surface area contributed by atoms with Gasteiger partial charge in [-0.05, 0) is 40.5 Å². The zero-order chi connectivity index (χ0) is 13.9. The lowest BCUT2D eigenvalue weighted by Gasteiger charge is -2.10. The number of nitrogens with one attached hydrogen (secondary N) is 1. The number of carbonyl (C=O) groups excluding carboxylic acids is 1. The Hall–Kier alpha value is -1.07. The first-order valence-electron chi connectivity index (χ1n) is 5.29. The zero-order valence-electron chi connectivity index (χ0n) is 9.96. The van der Waals surface area contributed by atoms with Gasteiger partial charge in [0.1, 0.15) is 0 Å². The minimum Gasteiger partial charge on any atom is -0.481 e. The first-order chi connectivity index (χ1) is 8.32. The third-order valence-corrected chi connectivity index (χ3v) is 4.04. The van der Waals surface area contributed by atoms with Gasteiger partial charge in [0.15, 0.2) is 0 Å². The molecule has 0 aliphatic rings. The van der Waals surface area contributed by atoms with Gasteiger partial charge in [0.25, 0.3) is 5.91 Å². The molecule has 0 aromatic heterocycles. The van der Waals surface area contributed by atoms with Crippen LogP contribution in [0.5, 0.6) is 0 Å². The Bertz CT molecular complexity index is 467. The van der Waals surface area contributed by atoms with Crippen molar-refractivity contribution >= 4 is 39.4 Å². The molecule has 0 saturated carbocycles.